The molecule has 1 aromatic heterocycles. The Morgan fingerprint density at radius 2 is 2.21 bits per heavy atom. The van der Waals surface area contributed by atoms with Crippen LogP contribution in [0.5, 0.6) is 0 Å². The van der Waals surface area contributed by atoms with Gasteiger partial charge in [0.15, 0.2) is 0 Å². The minimum Gasteiger partial charge on any atom is -0.480 e. The second kappa shape index (κ2) is 5.77. The Bertz CT molecular complexity index is 611. The highest BCUT2D eigenvalue weighted by atomic mass is 32.1. The standard InChI is InChI=1S/C12H12N2O4S/c15-4-3-9(12(17)18)14-11(16)7-1-2-8-10(5-7)19-6-13-8/h1-2,5-6,9,15H,3-4H2,(H,14,16)(H,17,18)/t9-/m1/s1. The number of carboxylic acid groups (broad SMARTS) is 1. The lowest BCUT2D eigenvalue weighted by molar-refractivity contribution is -0.139. The number of nitrogens with zero attached hydrogens (tertiary/aromatic N) is 1. The van der Waals surface area contributed by atoms with Gasteiger partial charge in [0.1, 0.15) is 6.04 Å². The van der Waals surface area contributed by atoms with Crippen LogP contribution in [0, 0.1) is 0 Å². The number of rotatable bonds is 5. The van der Waals surface area contributed by atoms with Gasteiger partial charge in [0, 0.05) is 18.6 Å². The average molecular weight is 280 g/mol. The lowest BCUT2D eigenvalue weighted by atomic mass is 10.1. The number of nitrogens with one attached hydrogen (secondary N) is 1. The third-order valence-corrected chi connectivity index (χ3v) is 3.41. The van der Waals surface area contributed by atoms with Crippen LogP contribution >= 0.6 is 11.3 Å². The third-order valence-electron chi connectivity index (χ3n) is 2.61. The van der Waals surface area contributed by atoms with Gasteiger partial charge in [0.05, 0.1) is 15.7 Å². The van der Waals surface area contributed by atoms with Crippen LogP contribution in [0.15, 0.2) is 23.7 Å². The van der Waals surface area contributed by atoms with Crippen molar-refractivity contribution < 1.29 is 19.8 Å². The summed E-state index contributed by atoms with van der Waals surface area (Å²) in [6.45, 7) is -0.300. The van der Waals surface area contributed by atoms with Crippen molar-refractivity contribution in [3.8, 4) is 0 Å². The van der Waals surface area contributed by atoms with Crippen molar-refractivity contribution in [3.63, 3.8) is 0 Å². The molecular formula is C12H12N2O4S. The highest BCUT2D eigenvalue weighted by molar-refractivity contribution is 7.16. The number of carbonyl (C=O) groups is 2. The summed E-state index contributed by atoms with van der Waals surface area (Å²) in [7, 11) is 0. The maximum Gasteiger partial charge on any atom is 0.326 e. The fourth-order valence-electron chi connectivity index (χ4n) is 1.62. The summed E-state index contributed by atoms with van der Waals surface area (Å²) in [4.78, 5) is 26.9. The first kappa shape index (κ1) is 13.4. The molecule has 0 saturated heterocycles. The number of carbonyl (C=O) groups excluding carboxylic acids is 1. The summed E-state index contributed by atoms with van der Waals surface area (Å²) in [5.41, 5.74) is 2.85. The molecular weight excluding hydrogens is 268 g/mol. The molecule has 19 heavy (non-hydrogen) atoms. The molecule has 1 amide bonds. The number of aliphatic carboxylic acids is 1. The second-order valence-electron chi connectivity index (χ2n) is 3.91. The van der Waals surface area contributed by atoms with E-state index in [0.29, 0.717) is 5.56 Å². The lowest BCUT2D eigenvalue weighted by Crippen LogP contribution is -2.41. The second-order valence-corrected chi connectivity index (χ2v) is 4.80. The maximum absolute atomic E-state index is 11.9. The van der Waals surface area contributed by atoms with Crippen LogP contribution in [0.2, 0.25) is 0 Å². The van der Waals surface area contributed by atoms with Crippen molar-refractivity contribution in [2.75, 3.05) is 6.61 Å². The van der Waals surface area contributed by atoms with Gasteiger partial charge in [-0.15, -0.1) is 11.3 Å². The van der Waals surface area contributed by atoms with Gasteiger partial charge in [-0.1, -0.05) is 0 Å². The first-order valence-corrected chi connectivity index (χ1v) is 6.47. The molecule has 6 nitrogen and oxygen atoms in total. The van der Waals surface area contributed by atoms with E-state index >= 15 is 0 Å². The highest BCUT2D eigenvalue weighted by Gasteiger charge is 2.20. The Labute approximate surface area is 112 Å². The monoisotopic (exact) mass is 280 g/mol. The van der Waals surface area contributed by atoms with Crippen LogP contribution in [0.4, 0.5) is 0 Å². The number of benzene rings is 1. The molecule has 0 unspecified atom stereocenters. The molecule has 0 aliphatic carbocycles. The molecule has 2 aromatic rings. The minimum atomic E-state index is -1.17. The number of hydrogen-bond acceptors (Lipinski definition) is 5. The normalized spacial score (nSPS) is 12.3. The maximum atomic E-state index is 11.9. The molecule has 3 N–H and O–H groups in total. The summed E-state index contributed by atoms with van der Waals surface area (Å²) in [6, 6.07) is 3.88. The summed E-state index contributed by atoms with van der Waals surface area (Å²) < 4.78 is 0.863. The van der Waals surface area contributed by atoms with Crippen molar-refractivity contribution in [1.82, 2.24) is 10.3 Å². The molecule has 0 aliphatic rings. The van der Waals surface area contributed by atoms with E-state index in [-0.39, 0.29) is 13.0 Å². The van der Waals surface area contributed by atoms with Gasteiger partial charge in [-0.2, -0.15) is 0 Å². The van der Waals surface area contributed by atoms with Crippen LogP contribution in [0.1, 0.15) is 16.8 Å². The molecule has 1 aromatic carbocycles. The number of amides is 1. The predicted molar refractivity (Wildman–Crippen MR) is 70.2 cm³/mol. The Morgan fingerprint density at radius 3 is 2.89 bits per heavy atom. The average Bonchev–Trinajstić information content (AvgIpc) is 2.85. The van der Waals surface area contributed by atoms with E-state index in [1.54, 1.807) is 23.7 Å². The van der Waals surface area contributed by atoms with E-state index < -0.39 is 17.9 Å². The summed E-state index contributed by atoms with van der Waals surface area (Å²) in [5, 5.41) is 20.0. The molecule has 0 saturated carbocycles. The first-order chi connectivity index (χ1) is 9.11. The summed E-state index contributed by atoms with van der Waals surface area (Å²) >= 11 is 1.41. The molecule has 0 aliphatic heterocycles. The Kier molecular flexibility index (Phi) is 4.08. The summed E-state index contributed by atoms with van der Waals surface area (Å²) in [6.07, 6.45) is -0.0239. The molecule has 7 heteroatoms. The van der Waals surface area contributed by atoms with Gasteiger partial charge in [0.25, 0.3) is 5.91 Å². The topological polar surface area (TPSA) is 99.5 Å². The van der Waals surface area contributed by atoms with Gasteiger partial charge in [0.2, 0.25) is 0 Å². The zero-order valence-corrected chi connectivity index (χ0v) is 10.7. The van der Waals surface area contributed by atoms with Crippen molar-refractivity contribution in [3.05, 3.63) is 29.3 Å². The van der Waals surface area contributed by atoms with E-state index in [0.717, 1.165) is 10.2 Å². The number of aliphatic hydroxyl groups excluding tert-OH is 1. The van der Waals surface area contributed by atoms with E-state index in [2.05, 4.69) is 10.3 Å². The predicted octanol–water partition coefficient (Wildman–Crippen LogP) is 0.862. The third kappa shape index (κ3) is 3.07. The number of fused-ring (bicyclic) bond motifs is 1. The van der Waals surface area contributed by atoms with Gasteiger partial charge in [-0.05, 0) is 18.2 Å². The Hall–Kier alpha value is -1.99. The Balaban J connectivity index is 2.16. The van der Waals surface area contributed by atoms with Gasteiger partial charge in [-0.3, -0.25) is 4.79 Å². The van der Waals surface area contributed by atoms with E-state index in [1.165, 1.54) is 11.3 Å². The van der Waals surface area contributed by atoms with Crippen molar-refractivity contribution in [2.24, 2.45) is 0 Å². The molecule has 1 heterocycles. The van der Waals surface area contributed by atoms with Gasteiger partial charge in [-0.25, -0.2) is 9.78 Å². The van der Waals surface area contributed by atoms with Crippen LogP contribution < -0.4 is 5.32 Å². The van der Waals surface area contributed by atoms with Crippen LogP contribution in [-0.2, 0) is 4.79 Å². The molecule has 0 fully saturated rings. The van der Waals surface area contributed by atoms with Crippen molar-refractivity contribution >= 4 is 33.4 Å². The van der Waals surface area contributed by atoms with Gasteiger partial charge < -0.3 is 15.5 Å². The molecule has 0 radical (unpaired) electrons. The van der Waals surface area contributed by atoms with E-state index in [1.807, 2.05) is 0 Å². The smallest absolute Gasteiger partial charge is 0.326 e. The van der Waals surface area contributed by atoms with Crippen LogP contribution in [0.25, 0.3) is 10.2 Å². The number of aromatic nitrogens is 1. The fraction of sp³-hybridized carbons (Fsp3) is 0.250. The zero-order chi connectivity index (χ0) is 13.8. The number of aliphatic hydroxyl groups is 1. The van der Waals surface area contributed by atoms with Crippen LogP contribution in [0.3, 0.4) is 0 Å². The highest BCUT2D eigenvalue weighted by Crippen LogP contribution is 2.19. The Morgan fingerprint density at radius 1 is 1.42 bits per heavy atom. The number of hydrogen-bond donors (Lipinski definition) is 3. The van der Waals surface area contributed by atoms with Gasteiger partial charge >= 0.3 is 5.97 Å². The number of carboxylic acids is 1. The largest absolute Gasteiger partial charge is 0.480 e. The van der Waals surface area contributed by atoms with Crippen molar-refractivity contribution in [2.45, 2.75) is 12.5 Å². The number of thiazole rings is 1. The molecule has 100 valence electrons. The minimum absolute atomic E-state index is 0.0239. The zero-order valence-electron chi connectivity index (χ0n) is 9.87. The first-order valence-electron chi connectivity index (χ1n) is 5.59. The van der Waals surface area contributed by atoms with E-state index in [4.69, 9.17) is 10.2 Å². The molecule has 0 bridgehead atoms. The van der Waals surface area contributed by atoms with Crippen LogP contribution in [-0.4, -0.2) is 39.7 Å². The molecule has 2 rings (SSSR count). The fourth-order valence-corrected chi connectivity index (χ4v) is 2.34. The SMILES string of the molecule is O=C(N[C@H](CCO)C(=O)O)c1ccc2ncsc2c1. The van der Waals surface area contributed by atoms with Crippen molar-refractivity contribution in [1.29, 1.82) is 0 Å². The summed E-state index contributed by atoms with van der Waals surface area (Å²) in [5.74, 6) is -1.64. The van der Waals surface area contributed by atoms with E-state index in [9.17, 15) is 9.59 Å². The quantitative estimate of drug-likeness (QED) is 0.754. The molecule has 1 atom stereocenters. The molecule has 0 spiro atoms. The lowest BCUT2D eigenvalue weighted by Gasteiger charge is -2.13.